The third kappa shape index (κ3) is 8.91. The molecule has 0 N–H and O–H groups in total. The van der Waals surface area contributed by atoms with Crippen molar-refractivity contribution in [2.24, 2.45) is 0 Å². The second-order valence-corrected chi connectivity index (χ2v) is 30.3. The molecule has 0 bridgehead atoms. The molecular formula is C59H57GeIrN3O-2. The molecule has 6 heteroatoms. The van der Waals surface area contributed by atoms with E-state index in [9.17, 15) is 0 Å². The van der Waals surface area contributed by atoms with Crippen LogP contribution in [-0.2, 0) is 25.5 Å². The number of imidazole rings is 1. The van der Waals surface area contributed by atoms with Crippen LogP contribution in [0.4, 0.5) is 0 Å². The first kappa shape index (κ1) is 46.0. The van der Waals surface area contributed by atoms with E-state index in [0.717, 1.165) is 55.6 Å². The van der Waals surface area contributed by atoms with E-state index in [4.69, 9.17) is 9.40 Å². The Balaban J connectivity index is 0.000000230. The summed E-state index contributed by atoms with van der Waals surface area (Å²) in [4.78, 5) is 10.0. The molecule has 1 radical (unpaired) electrons. The third-order valence-corrected chi connectivity index (χ3v) is 16.6. The van der Waals surface area contributed by atoms with Crippen molar-refractivity contribution in [2.45, 2.75) is 83.0 Å². The molecule has 3 aromatic heterocycles. The molecular weight excluding hydrogens is 1030 g/mol. The Hall–Kier alpha value is -5.59. The number of benzene rings is 7. The van der Waals surface area contributed by atoms with Gasteiger partial charge in [-0.05, 0) is 69.8 Å². The monoisotopic (exact) mass is 1090 g/mol. The van der Waals surface area contributed by atoms with Crippen LogP contribution in [0.25, 0.3) is 83.2 Å². The van der Waals surface area contributed by atoms with E-state index in [1.54, 1.807) is 0 Å². The first-order valence-corrected chi connectivity index (χ1v) is 30.0. The van der Waals surface area contributed by atoms with Crippen molar-refractivity contribution in [2.75, 3.05) is 0 Å². The number of fused-ring (bicyclic) bond motifs is 5. The number of hydrogen-bond donors (Lipinski definition) is 0. The Bertz CT molecular complexity index is 3260. The quantitative estimate of drug-likeness (QED) is 0.118. The summed E-state index contributed by atoms with van der Waals surface area (Å²) in [5, 5.41) is 4.73. The van der Waals surface area contributed by atoms with Crippen LogP contribution in [0.3, 0.4) is 0 Å². The number of rotatable bonds is 7. The Morgan fingerprint density at radius 3 is 1.97 bits per heavy atom. The number of furan rings is 1. The Morgan fingerprint density at radius 1 is 0.662 bits per heavy atom. The molecule has 0 saturated heterocycles. The Morgan fingerprint density at radius 2 is 1.31 bits per heavy atom. The minimum atomic E-state index is -1.78. The number of hydrogen-bond acceptors (Lipinski definition) is 3. The van der Waals surface area contributed by atoms with Crippen LogP contribution in [-0.4, -0.2) is 27.8 Å². The smallest absolute Gasteiger partial charge is 0 e. The third-order valence-electron chi connectivity index (χ3n) is 12.4. The van der Waals surface area contributed by atoms with E-state index in [2.05, 4.69) is 227 Å². The molecule has 0 aliphatic heterocycles. The Labute approximate surface area is 400 Å². The van der Waals surface area contributed by atoms with Gasteiger partial charge in [0, 0.05) is 31.2 Å². The predicted octanol–water partition coefficient (Wildman–Crippen LogP) is 15.8. The predicted molar refractivity (Wildman–Crippen MR) is 274 cm³/mol. The van der Waals surface area contributed by atoms with Crippen molar-refractivity contribution >= 4 is 61.4 Å². The molecule has 10 rings (SSSR count). The van der Waals surface area contributed by atoms with Gasteiger partial charge in [0.25, 0.3) is 0 Å². The molecule has 0 spiro atoms. The molecule has 0 atom stereocenters. The van der Waals surface area contributed by atoms with Crippen LogP contribution in [0.2, 0.25) is 17.3 Å². The van der Waals surface area contributed by atoms with E-state index in [1.807, 2.05) is 12.1 Å². The standard InChI is InChI=1S/C41H39N2O.C18H18GeN.Ir/c1-25(2)31-23-28(27-15-9-8-10-16-27)24-32(26(3)4)38(31)43-35-19-13-12-18-34(35)42-40(43)30-21-22-33(41(5,6)7)37-29-17-11-14-20-36(29)44-39(30)37;1-19(2,3)15-11-12-18(20-13-15)17-10-6-8-14-7-4-5-9-16(14)17;/h8-20,22-26H,1-7H3;4-9,11-13H,1-3H3;/q2*-1;. The summed E-state index contributed by atoms with van der Waals surface area (Å²) in [6.45, 7) is 15.9. The maximum absolute atomic E-state index is 6.71. The van der Waals surface area contributed by atoms with Gasteiger partial charge in [-0.25, -0.2) is 0 Å². The van der Waals surface area contributed by atoms with Crippen LogP contribution >= 0.6 is 0 Å². The SMILES string of the molecule is CC(C)c1cc(-c2ccccc2)cc(C(C)C)c1-n1c(-c2[c-]cc(C(C)(C)C)c3c2oc2ccccc23)nc2ccccc21.[CH3][Ge]([CH3])([CH3])[c]1ccc(-c2[c-]ccc3ccccc23)nc1.[Ir]. The molecule has 7 aromatic carbocycles. The molecule has 65 heavy (non-hydrogen) atoms. The average molecular weight is 1090 g/mol. The summed E-state index contributed by atoms with van der Waals surface area (Å²) < 4.78 is 10.5. The minimum absolute atomic E-state index is 0. The van der Waals surface area contributed by atoms with Gasteiger partial charge in [-0.15, -0.1) is 17.7 Å². The van der Waals surface area contributed by atoms with Gasteiger partial charge in [0.2, 0.25) is 0 Å². The topological polar surface area (TPSA) is 43.9 Å². The van der Waals surface area contributed by atoms with Crippen LogP contribution in [0.5, 0.6) is 0 Å². The minimum Gasteiger partial charge on any atom is 0 e. The second-order valence-electron chi connectivity index (χ2n) is 19.7. The summed E-state index contributed by atoms with van der Waals surface area (Å²) in [6.07, 6.45) is 2.06. The number of aromatic nitrogens is 3. The second kappa shape index (κ2) is 18.4. The van der Waals surface area contributed by atoms with E-state index < -0.39 is 13.3 Å². The fourth-order valence-electron chi connectivity index (χ4n) is 8.92. The van der Waals surface area contributed by atoms with Crippen molar-refractivity contribution < 1.29 is 24.5 Å². The Kier molecular flexibility index (Phi) is 13.0. The van der Waals surface area contributed by atoms with E-state index >= 15 is 0 Å². The zero-order chi connectivity index (χ0) is 44.9. The van der Waals surface area contributed by atoms with Gasteiger partial charge in [0.05, 0.1) is 22.4 Å². The van der Waals surface area contributed by atoms with Crippen molar-refractivity contribution in [1.82, 2.24) is 14.5 Å². The molecule has 10 aromatic rings. The van der Waals surface area contributed by atoms with Crippen LogP contribution in [0.1, 0.15) is 77.0 Å². The maximum Gasteiger partial charge on any atom is 0 e. The van der Waals surface area contributed by atoms with Crippen molar-refractivity contribution in [3.8, 4) is 39.5 Å². The number of pyridine rings is 1. The summed E-state index contributed by atoms with van der Waals surface area (Å²) in [6, 6.07) is 58.3. The fraction of sp³-hybridized carbons (Fsp3) is 0.220. The first-order valence-electron chi connectivity index (χ1n) is 22.6. The molecule has 0 saturated carbocycles. The van der Waals surface area contributed by atoms with Gasteiger partial charge in [-0.2, -0.15) is 0 Å². The summed E-state index contributed by atoms with van der Waals surface area (Å²) >= 11 is -1.78. The van der Waals surface area contributed by atoms with Gasteiger partial charge >= 0.3 is 123 Å². The number of para-hydroxylation sites is 3. The van der Waals surface area contributed by atoms with Crippen LogP contribution in [0, 0.1) is 12.1 Å². The zero-order valence-electron chi connectivity index (χ0n) is 39.2. The molecule has 4 nitrogen and oxygen atoms in total. The molecule has 0 amide bonds. The molecule has 0 fully saturated rings. The average Bonchev–Trinajstić information content (AvgIpc) is 3.87. The van der Waals surface area contributed by atoms with Crippen molar-refractivity contribution in [3.05, 3.63) is 181 Å². The van der Waals surface area contributed by atoms with Crippen molar-refractivity contribution in [1.29, 1.82) is 0 Å². The van der Waals surface area contributed by atoms with Gasteiger partial charge in [0.1, 0.15) is 5.58 Å². The summed E-state index contributed by atoms with van der Waals surface area (Å²) in [5.74, 6) is 8.60. The van der Waals surface area contributed by atoms with E-state index in [1.165, 1.54) is 48.7 Å². The molecule has 329 valence electrons. The maximum atomic E-state index is 6.71. The normalized spacial score (nSPS) is 12.0. The molecule has 3 heterocycles. The zero-order valence-corrected chi connectivity index (χ0v) is 43.7. The molecule has 0 aliphatic carbocycles. The van der Waals surface area contributed by atoms with Crippen molar-refractivity contribution in [3.63, 3.8) is 0 Å². The molecule has 0 aliphatic rings. The fourth-order valence-corrected chi connectivity index (χ4v) is 11.1. The first-order chi connectivity index (χ1) is 30.7. The van der Waals surface area contributed by atoms with Gasteiger partial charge in [-0.1, -0.05) is 120 Å². The van der Waals surface area contributed by atoms with E-state index in [0.29, 0.717) is 11.8 Å². The summed E-state index contributed by atoms with van der Waals surface area (Å²) in [7, 11) is 0. The van der Waals surface area contributed by atoms with Gasteiger partial charge in [-0.3, -0.25) is 4.98 Å². The van der Waals surface area contributed by atoms with Gasteiger partial charge in [0.15, 0.2) is 0 Å². The summed E-state index contributed by atoms with van der Waals surface area (Å²) in [5.41, 5.74) is 14.2. The van der Waals surface area contributed by atoms with Gasteiger partial charge < -0.3 is 8.98 Å². The molecule has 0 unspecified atom stereocenters. The van der Waals surface area contributed by atoms with Crippen LogP contribution < -0.4 is 4.40 Å². The number of nitrogens with zero attached hydrogens (tertiary/aromatic N) is 3. The van der Waals surface area contributed by atoms with E-state index in [-0.39, 0.29) is 25.5 Å². The van der Waals surface area contributed by atoms with Crippen LogP contribution in [0.15, 0.2) is 156 Å². The largest absolute Gasteiger partial charge is 0 e.